The average molecular weight is 326 g/mol. The first kappa shape index (κ1) is 15.1. The largest absolute Gasteiger partial charge is 0.327 e. The predicted octanol–water partition coefficient (Wildman–Crippen LogP) is 3.96. The summed E-state index contributed by atoms with van der Waals surface area (Å²) in [6, 6.07) is 5.92. The van der Waals surface area contributed by atoms with Crippen molar-refractivity contribution in [3.8, 4) is 0 Å². The average Bonchev–Trinajstić information content (AvgIpc) is 3.09. The molecule has 2 aromatic rings. The van der Waals surface area contributed by atoms with E-state index in [4.69, 9.17) is 28.2 Å². The van der Waals surface area contributed by atoms with Gasteiger partial charge in [-0.3, -0.25) is 0 Å². The highest BCUT2D eigenvalue weighted by molar-refractivity contribution is 6.35. The number of fused-ring (bicyclic) bond motifs is 1. The molecule has 114 valence electrons. The first-order valence-electron chi connectivity index (χ1n) is 7.71. The van der Waals surface area contributed by atoms with Gasteiger partial charge in [-0.1, -0.05) is 17.7 Å². The zero-order valence-electron chi connectivity index (χ0n) is 12.2. The molecule has 3 nitrogen and oxygen atoms in total. The van der Waals surface area contributed by atoms with Crippen LogP contribution in [0.4, 0.5) is 0 Å². The van der Waals surface area contributed by atoms with Gasteiger partial charge in [0.1, 0.15) is 5.82 Å². The fraction of sp³-hybridized carbons (Fsp3) is 0.562. The zero-order valence-corrected chi connectivity index (χ0v) is 13.7. The fourth-order valence-corrected chi connectivity index (χ4v) is 3.61. The molecule has 1 fully saturated rings. The van der Waals surface area contributed by atoms with Crippen LogP contribution in [-0.2, 0) is 13.0 Å². The summed E-state index contributed by atoms with van der Waals surface area (Å²) in [5, 5.41) is 0.780. The van der Waals surface area contributed by atoms with Crippen molar-refractivity contribution in [2.75, 3.05) is 25.5 Å². The van der Waals surface area contributed by atoms with Crippen LogP contribution in [0.25, 0.3) is 11.0 Å². The summed E-state index contributed by atoms with van der Waals surface area (Å²) in [5.74, 6) is 1.64. The maximum absolute atomic E-state index is 6.38. The molecular weight excluding hydrogens is 305 g/mol. The fourth-order valence-electron chi connectivity index (χ4n) is 3.16. The second-order valence-corrected chi connectivity index (χ2v) is 6.41. The van der Waals surface area contributed by atoms with Crippen molar-refractivity contribution in [2.24, 2.45) is 0 Å². The van der Waals surface area contributed by atoms with Gasteiger partial charge in [0.15, 0.2) is 0 Å². The lowest BCUT2D eigenvalue weighted by Gasteiger charge is -2.15. The van der Waals surface area contributed by atoms with E-state index in [1.54, 1.807) is 0 Å². The van der Waals surface area contributed by atoms with Crippen molar-refractivity contribution < 1.29 is 0 Å². The van der Waals surface area contributed by atoms with Crippen LogP contribution < -0.4 is 0 Å². The smallest absolute Gasteiger partial charge is 0.111 e. The maximum atomic E-state index is 6.38. The van der Waals surface area contributed by atoms with Crippen molar-refractivity contribution >= 4 is 34.2 Å². The molecule has 1 aliphatic rings. The number of alkyl halides is 1. The molecule has 0 aliphatic carbocycles. The van der Waals surface area contributed by atoms with E-state index in [1.807, 2.05) is 18.2 Å². The maximum Gasteiger partial charge on any atom is 0.111 e. The molecule has 0 radical (unpaired) electrons. The Balaban J connectivity index is 1.79. The van der Waals surface area contributed by atoms with E-state index in [-0.39, 0.29) is 0 Å². The van der Waals surface area contributed by atoms with Crippen molar-refractivity contribution in [1.82, 2.24) is 14.5 Å². The minimum atomic E-state index is 0.590. The number of likely N-dealkylation sites (tertiary alicyclic amines) is 1. The first-order valence-corrected chi connectivity index (χ1v) is 8.63. The van der Waals surface area contributed by atoms with E-state index in [1.165, 1.54) is 25.9 Å². The quantitative estimate of drug-likeness (QED) is 0.749. The van der Waals surface area contributed by atoms with Crippen LogP contribution >= 0.6 is 23.2 Å². The molecule has 21 heavy (non-hydrogen) atoms. The molecule has 1 saturated heterocycles. The minimum Gasteiger partial charge on any atom is -0.327 e. The molecule has 1 aliphatic heterocycles. The summed E-state index contributed by atoms with van der Waals surface area (Å²) in [6.07, 6.45) is 4.61. The van der Waals surface area contributed by atoms with E-state index in [2.05, 4.69) is 9.47 Å². The van der Waals surface area contributed by atoms with E-state index in [0.29, 0.717) is 5.88 Å². The van der Waals surface area contributed by atoms with Gasteiger partial charge in [-0.2, -0.15) is 0 Å². The van der Waals surface area contributed by atoms with Crippen molar-refractivity contribution in [2.45, 2.75) is 32.2 Å². The molecule has 0 saturated carbocycles. The number of nitrogens with zero attached hydrogens (tertiary/aromatic N) is 3. The molecule has 1 aromatic heterocycles. The highest BCUT2D eigenvalue weighted by Crippen LogP contribution is 2.25. The Labute approximate surface area is 135 Å². The number of rotatable bonds is 6. The lowest BCUT2D eigenvalue weighted by Crippen LogP contribution is -2.21. The summed E-state index contributed by atoms with van der Waals surface area (Å²) in [7, 11) is 0. The number of hydrogen-bond acceptors (Lipinski definition) is 2. The van der Waals surface area contributed by atoms with E-state index < -0.39 is 0 Å². The number of hydrogen-bond donors (Lipinski definition) is 0. The van der Waals surface area contributed by atoms with E-state index in [9.17, 15) is 0 Å². The van der Waals surface area contributed by atoms with Crippen LogP contribution in [-0.4, -0.2) is 40.0 Å². The van der Waals surface area contributed by atoms with Gasteiger partial charge >= 0.3 is 0 Å². The summed E-state index contributed by atoms with van der Waals surface area (Å²) in [6.45, 7) is 4.62. The van der Waals surface area contributed by atoms with Crippen LogP contribution in [0.3, 0.4) is 0 Å². The Morgan fingerprint density at radius 1 is 1.14 bits per heavy atom. The first-order chi connectivity index (χ1) is 10.3. The van der Waals surface area contributed by atoms with Crippen molar-refractivity contribution in [1.29, 1.82) is 0 Å². The van der Waals surface area contributed by atoms with Gasteiger partial charge < -0.3 is 9.47 Å². The van der Waals surface area contributed by atoms with Gasteiger partial charge in [0, 0.05) is 18.8 Å². The van der Waals surface area contributed by atoms with Gasteiger partial charge in [-0.25, -0.2) is 4.98 Å². The van der Waals surface area contributed by atoms with Gasteiger partial charge in [0.05, 0.1) is 16.1 Å². The Kier molecular flexibility index (Phi) is 5.04. The molecule has 0 spiro atoms. The number of imidazole rings is 1. The van der Waals surface area contributed by atoms with E-state index >= 15 is 0 Å². The molecule has 0 amide bonds. The number of aryl methyl sites for hydroxylation is 2. The van der Waals surface area contributed by atoms with E-state index in [0.717, 1.165) is 47.8 Å². The van der Waals surface area contributed by atoms with Gasteiger partial charge in [0.25, 0.3) is 0 Å². The molecular formula is C16H21Cl2N3. The number of aromatic nitrogens is 2. The lowest BCUT2D eigenvalue weighted by atomic mass is 10.3. The predicted molar refractivity (Wildman–Crippen MR) is 89.5 cm³/mol. The molecule has 0 unspecified atom stereocenters. The van der Waals surface area contributed by atoms with Gasteiger partial charge in [-0.15, -0.1) is 11.6 Å². The Morgan fingerprint density at radius 2 is 1.95 bits per heavy atom. The summed E-state index contributed by atoms with van der Waals surface area (Å²) >= 11 is 12.3. The second kappa shape index (κ2) is 6.99. The molecule has 0 atom stereocenters. The molecule has 0 bridgehead atoms. The summed E-state index contributed by atoms with van der Waals surface area (Å²) in [4.78, 5) is 7.24. The number of benzene rings is 1. The van der Waals surface area contributed by atoms with Crippen LogP contribution in [0.5, 0.6) is 0 Å². The Bertz CT molecular complexity index is 603. The van der Waals surface area contributed by atoms with Gasteiger partial charge in [-0.05, 0) is 51.0 Å². The molecule has 3 rings (SSSR count). The molecule has 5 heteroatoms. The van der Waals surface area contributed by atoms with Crippen molar-refractivity contribution in [3.05, 3.63) is 29.0 Å². The Morgan fingerprint density at radius 3 is 2.71 bits per heavy atom. The Hall–Kier alpha value is -0.770. The summed E-state index contributed by atoms with van der Waals surface area (Å²) in [5.41, 5.74) is 2.03. The number of para-hydroxylation sites is 1. The summed E-state index contributed by atoms with van der Waals surface area (Å²) < 4.78 is 2.26. The normalized spacial score (nSPS) is 16.1. The van der Waals surface area contributed by atoms with Crippen molar-refractivity contribution in [3.63, 3.8) is 0 Å². The van der Waals surface area contributed by atoms with Crippen LogP contribution in [0, 0.1) is 0 Å². The highest BCUT2D eigenvalue weighted by atomic mass is 35.5. The second-order valence-electron chi connectivity index (χ2n) is 5.63. The third-order valence-corrected chi connectivity index (χ3v) is 4.66. The third-order valence-electron chi connectivity index (χ3n) is 4.17. The SMILES string of the molecule is ClCCc1nc2cccc(Cl)c2n1CCCN1CCCC1. The van der Waals surface area contributed by atoms with Crippen LogP contribution in [0.1, 0.15) is 25.1 Å². The van der Waals surface area contributed by atoms with Crippen LogP contribution in [0.15, 0.2) is 18.2 Å². The lowest BCUT2D eigenvalue weighted by molar-refractivity contribution is 0.325. The van der Waals surface area contributed by atoms with Gasteiger partial charge in [0.2, 0.25) is 0 Å². The highest BCUT2D eigenvalue weighted by Gasteiger charge is 2.14. The van der Waals surface area contributed by atoms with Crippen LogP contribution in [0.2, 0.25) is 5.02 Å². The minimum absolute atomic E-state index is 0.590. The third kappa shape index (κ3) is 3.36. The molecule has 2 heterocycles. The standard InChI is InChI=1S/C16H21Cl2N3/c17-8-7-15-19-14-6-3-5-13(18)16(14)21(15)12-4-11-20-9-1-2-10-20/h3,5-6H,1-2,4,7-12H2. The zero-order chi connectivity index (χ0) is 14.7. The monoisotopic (exact) mass is 325 g/mol. The number of halogens is 2. The molecule has 0 N–H and O–H groups in total. The topological polar surface area (TPSA) is 21.1 Å². The molecule has 1 aromatic carbocycles.